The summed E-state index contributed by atoms with van der Waals surface area (Å²) in [6.45, 7) is 5.48. The van der Waals surface area contributed by atoms with Gasteiger partial charge in [-0.3, -0.25) is 19.0 Å². The van der Waals surface area contributed by atoms with Crippen LogP contribution in [0.15, 0.2) is 147 Å². The molecule has 0 aliphatic rings. The van der Waals surface area contributed by atoms with Crippen LogP contribution in [0, 0.1) is 43.4 Å². The number of pyridine rings is 2. The molecule has 0 spiro atoms. The summed E-state index contributed by atoms with van der Waals surface area (Å²) in [5.74, 6) is 2.03. The molecular formula is C47H34ClI3N9O5-. The van der Waals surface area contributed by atoms with E-state index in [1.807, 2.05) is 114 Å². The quantitative estimate of drug-likeness (QED) is 0.113. The van der Waals surface area contributed by atoms with E-state index in [0.717, 1.165) is 39.3 Å². The number of hydrogen-bond donors (Lipinski definition) is 1. The molecule has 1 N–H and O–H groups in total. The fourth-order valence-corrected chi connectivity index (χ4v) is 6.58. The Balaban J connectivity index is 0.000000161. The number of nitriles is 2. The number of benzene rings is 3. The molecule has 9 aromatic rings. The van der Waals surface area contributed by atoms with E-state index < -0.39 is 5.24 Å². The van der Waals surface area contributed by atoms with E-state index >= 15 is 0 Å². The number of hydrogen-bond acceptors (Lipinski definition) is 12. The molecule has 0 saturated heterocycles. The van der Waals surface area contributed by atoms with Crippen LogP contribution in [0.25, 0.3) is 50.7 Å². The van der Waals surface area contributed by atoms with Gasteiger partial charge in [-0.15, -0.1) is 0 Å². The molecule has 65 heavy (non-hydrogen) atoms. The van der Waals surface area contributed by atoms with Gasteiger partial charge in [0.1, 0.15) is 63.5 Å². The van der Waals surface area contributed by atoms with Crippen molar-refractivity contribution >= 4 is 65.5 Å². The number of carbonyl (C=O) groups excluding carboxylic acids is 2. The van der Waals surface area contributed by atoms with Crippen LogP contribution in [0.5, 0.6) is 0 Å². The molecule has 0 aliphatic carbocycles. The summed E-state index contributed by atoms with van der Waals surface area (Å²) >= 11 is 10.8. The molecule has 0 saturated carbocycles. The van der Waals surface area contributed by atoms with E-state index in [1.165, 1.54) is 6.20 Å². The molecule has 0 atom stereocenters. The van der Waals surface area contributed by atoms with Gasteiger partial charge in [-0.25, -0.2) is 4.98 Å². The van der Waals surface area contributed by atoms with Gasteiger partial charge < -0.3 is 18.9 Å². The molecule has 14 nitrogen and oxygen atoms in total. The van der Waals surface area contributed by atoms with Gasteiger partial charge in [-0.1, -0.05) is 106 Å². The minimum absolute atomic E-state index is 0.253. The van der Waals surface area contributed by atoms with Crippen molar-refractivity contribution in [1.29, 1.82) is 10.5 Å². The molecule has 6 aromatic heterocycles. The molecule has 0 fully saturated rings. The average Bonchev–Trinajstić information content (AvgIpc) is 4.14. The number of aryl methyl sites for hydroxylation is 3. The molecule has 6 heterocycles. The number of fused-ring (bicyclic) bond motifs is 1. The predicted molar refractivity (Wildman–Crippen MR) is 257 cm³/mol. The van der Waals surface area contributed by atoms with E-state index in [2.05, 4.69) is 74.1 Å². The van der Waals surface area contributed by atoms with Gasteiger partial charge in [-0.05, 0) is 56.6 Å². The fourth-order valence-electron chi connectivity index (χ4n) is 6.35. The number of amides is 1. The van der Waals surface area contributed by atoms with Gasteiger partial charge in [-0.2, -0.15) is 10.5 Å². The number of nitrogens with zero attached hydrogens (tertiary/aromatic N) is 8. The number of imidazole rings is 1. The van der Waals surface area contributed by atoms with Gasteiger partial charge in [0, 0.05) is 29.1 Å². The summed E-state index contributed by atoms with van der Waals surface area (Å²) in [5, 5.41) is 32.2. The molecule has 0 aliphatic heterocycles. The van der Waals surface area contributed by atoms with Crippen molar-refractivity contribution in [2.45, 2.75) is 27.3 Å². The van der Waals surface area contributed by atoms with Crippen molar-refractivity contribution in [3.05, 3.63) is 179 Å². The van der Waals surface area contributed by atoms with Crippen LogP contribution in [-0.4, -0.2) is 41.0 Å². The van der Waals surface area contributed by atoms with Gasteiger partial charge in [0.15, 0.2) is 0 Å². The number of nitrogens with one attached hydrogen (secondary N) is 1. The Morgan fingerprint density at radius 1 is 0.662 bits per heavy atom. The Hall–Kier alpha value is -6.27. The maximum atomic E-state index is 12.5. The Kier molecular flexibility index (Phi) is 17.5. The molecule has 3 aromatic carbocycles. The van der Waals surface area contributed by atoms with E-state index in [4.69, 9.17) is 35.7 Å². The van der Waals surface area contributed by atoms with Crippen LogP contribution in [0.4, 0.5) is 0 Å². The maximum absolute atomic E-state index is 12.5. The van der Waals surface area contributed by atoms with Gasteiger partial charge in [0.25, 0.3) is 11.1 Å². The first-order valence-electron chi connectivity index (χ1n) is 19.2. The van der Waals surface area contributed by atoms with Gasteiger partial charge in [0.2, 0.25) is 0 Å². The summed E-state index contributed by atoms with van der Waals surface area (Å²) in [5.41, 5.74) is 8.57. The Bertz CT molecular complexity index is 3110. The summed E-state index contributed by atoms with van der Waals surface area (Å²) in [6, 6.07) is 39.7. The molecular weight excluding hydrogens is 1190 g/mol. The molecule has 326 valence electrons. The first-order valence-corrected chi connectivity index (χ1v) is 32.2. The van der Waals surface area contributed by atoms with Gasteiger partial charge in [0.05, 0.1) is 40.6 Å². The number of carbonyl (C=O) groups is 2. The summed E-state index contributed by atoms with van der Waals surface area (Å²) in [4.78, 5) is 32.4. The van der Waals surface area contributed by atoms with Crippen LogP contribution in [0.1, 0.15) is 54.8 Å². The summed E-state index contributed by atoms with van der Waals surface area (Å²) in [6.07, 6.45) is 5.03. The zero-order valence-electron chi connectivity index (χ0n) is 34.5. The summed E-state index contributed by atoms with van der Waals surface area (Å²) in [7, 11) is 0. The van der Waals surface area contributed by atoms with Crippen molar-refractivity contribution in [2.75, 3.05) is 0 Å². The van der Waals surface area contributed by atoms with Crippen LogP contribution >= 0.6 is 48.8 Å². The summed E-state index contributed by atoms with van der Waals surface area (Å²) < 4.78 is 17.5. The van der Waals surface area contributed by atoms with E-state index in [-0.39, 0.29) is 12.5 Å². The SMILES string of the molecule is Cc1onc(-c2ccccc2)c1-c1ncc2ccc(C#N)cn12.Cc1onc(-c2ccccc2)c1C(=O)Cl.Cc1onc(-c2ccccc2)c1C(=O)NCc1ccc(C#N)cn1.I[I-]I. The van der Waals surface area contributed by atoms with Crippen molar-refractivity contribution in [2.24, 2.45) is 0 Å². The van der Waals surface area contributed by atoms with Crippen LogP contribution < -0.4 is 18.6 Å². The number of halogens is 4. The second-order valence-electron chi connectivity index (χ2n) is 13.6. The first-order chi connectivity index (χ1) is 31.6. The van der Waals surface area contributed by atoms with Crippen molar-refractivity contribution in [3.8, 4) is 57.3 Å². The molecule has 0 radical (unpaired) electrons. The molecule has 9 rings (SSSR count). The van der Waals surface area contributed by atoms with Gasteiger partial charge >= 0.3 is 50.5 Å². The third-order valence-electron chi connectivity index (χ3n) is 9.42. The zero-order chi connectivity index (χ0) is 46.3. The van der Waals surface area contributed by atoms with Crippen molar-refractivity contribution in [1.82, 2.24) is 35.2 Å². The third-order valence-corrected chi connectivity index (χ3v) is 9.61. The Labute approximate surface area is 407 Å². The Morgan fingerprint density at radius 2 is 1.15 bits per heavy atom. The average molecular weight is 1220 g/mol. The van der Waals surface area contributed by atoms with E-state index in [0.29, 0.717) is 69.9 Å². The zero-order valence-corrected chi connectivity index (χ0v) is 41.8. The second-order valence-corrected chi connectivity index (χ2v) is 30.1. The van der Waals surface area contributed by atoms with Crippen LogP contribution in [-0.2, 0) is 6.54 Å². The third kappa shape index (κ3) is 12.1. The molecule has 0 unspecified atom stereocenters. The monoisotopic (exact) mass is 1220 g/mol. The second kappa shape index (κ2) is 23.6. The number of aromatic nitrogens is 6. The molecule has 0 bridgehead atoms. The van der Waals surface area contributed by atoms with E-state index in [9.17, 15) is 9.59 Å². The normalized spacial score (nSPS) is 10.3. The predicted octanol–water partition coefficient (Wildman–Crippen LogP) is 8.49. The van der Waals surface area contributed by atoms with Crippen molar-refractivity contribution in [3.63, 3.8) is 0 Å². The molecule has 18 heteroatoms. The van der Waals surface area contributed by atoms with Crippen LogP contribution in [0.2, 0.25) is 0 Å². The molecule has 1 amide bonds. The standard InChI is InChI=1S/C18H14N4O2.C18H12N4O.C11H8ClNO2.I3/c1-12-16(17(22-24-12)14-5-3-2-4-6-14)18(23)21-11-15-8-7-13(9-19)10-20-15;1-12-16(17(21-23-12)14-5-3-2-4-6-14)18-20-10-15-8-7-13(9-19)11-22(15)18;1-7-9(11(12)14)10(13-15-7)8-5-3-2-4-6-8;1-3-2/h2-8,10H,11H2,1H3,(H,21,23);2-8,10-11H,1H3;2-6H,1H3;/q;;;-1. The van der Waals surface area contributed by atoms with E-state index in [1.54, 1.807) is 44.4 Å². The Morgan fingerprint density at radius 3 is 1.68 bits per heavy atom. The first kappa shape index (κ1) is 48.2. The fraction of sp³-hybridized carbons (Fsp3) is 0.0851. The van der Waals surface area contributed by atoms with Crippen molar-refractivity contribution < 1.29 is 36.4 Å². The van der Waals surface area contributed by atoms with Crippen LogP contribution in [0.3, 0.4) is 0 Å². The topological polar surface area (TPSA) is 202 Å². The number of rotatable bonds is 8. The minimum atomic E-state index is -0.549.